The van der Waals surface area contributed by atoms with E-state index in [1.165, 1.54) is 12.1 Å². The first-order valence-corrected chi connectivity index (χ1v) is 7.91. The van der Waals surface area contributed by atoms with Gasteiger partial charge >= 0.3 is 6.18 Å². The third-order valence-corrected chi connectivity index (χ3v) is 3.97. The highest BCUT2D eigenvalue weighted by atomic mass is 19.4. The van der Waals surface area contributed by atoms with E-state index in [0.717, 1.165) is 40.8 Å². The SMILES string of the molecule is CN(CC=Cc1ccc(C(F)(F)F)cc1)Cc1cccc2ccoc12. The highest BCUT2D eigenvalue weighted by Crippen LogP contribution is 2.29. The number of furan rings is 1. The zero-order valence-electron chi connectivity index (χ0n) is 13.8. The molecule has 0 radical (unpaired) electrons. The summed E-state index contributed by atoms with van der Waals surface area (Å²) in [6, 6.07) is 13.1. The minimum absolute atomic E-state index is 0.631. The lowest BCUT2D eigenvalue weighted by atomic mass is 10.1. The van der Waals surface area contributed by atoms with Gasteiger partial charge in [-0.25, -0.2) is 0 Å². The molecule has 0 saturated heterocycles. The van der Waals surface area contributed by atoms with Crippen molar-refractivity contribution in [3.63, 3.8) is 0 Å². The fraction of sp³-hybridized carbons (Fsp3) is 0.200. The summed E-state index contributed by atoms with van der Waals surface area (Å²) in [7, 11) is 1.98. The molecule has 0 aliphatic rings. The number of hydrogen-bond acceptors (Lipinski definition) is 2. The first-order valence-electron chi connectivity index (χ1n) is 7.91. The Morgan fingerprint density at radius 3 is 2.52 bits per heavy atom. The van der Waals surface area contributed by atoms with Gasteiger partial charge in [-0.3, -0.25) is 4.90 Å². The topological polar surface area (TPSA) is 16.4 Å². The molecule has 0 saturated carbocycles. The molecule has 0 aliphatic heterocycles. The normalized spacial score (nSPS) is 12.5. The highest BCUT2D eigenvalue weighted by molar-refractivity contribution is 5.80. The van der Waals surface area contributed by atoms with E-state index >= 15 is 0 Å². The van der Waals surface area contributed by atoms with Gasteiger partial charge in [0.25, 0.3) is 0 Å². The second kappa shape index (κ2) is 7.15. The minimum atomic E-state index is -4.30. The molecule has 0 amide bonds. The minimum Gasteiger partial charge on any atom is -0.464 e. The first kappa shape index (κ1) is 17.3. The Hall–Kier alpha value is -2.53. The Balaban J connectivity index is 1.59. The predicted molar refractivity (Wildman–Crippen MR) is 93.0 cm³/mol. The summed E-state index contributed by atoms with van der Waals surface area (Å²) in [5.41, 5.74) is 2.11. The van der Waals surface area contributed by atoms with Crippen molar-refractivity contribution in [2.24, 2.45) is 0 Å². The summed E-state index contributed by atoms with van der Waals surface area (Å²) in [6.07, 6.45) is 1.14. The van der Waals surface area contributed by atoms with Crippen LogP contribution >= 0.6 is 0 Å². The van der Waals surface area contributed by atoms with Crippen LogP contribution in [0.5, 0.6) is 0 Å². The molecule has 130 valence electrons. The van der Waals surface area contributed by atoms with E-state index in [2.05, 4.69) is 4.90 Å². The van der Waals surface area contributed by atoms with Crippen LogP contribution in [-0.4, -0.2) is 18.5 Å². The van der Waals surface area contributed by atoms with Crippen molar-refractivity contribution in [2.45, 2.75) is 12.7 Å². The van der Waals surface area contributed by atoms with Crippen LogP contribution in [0.4, 0.5) is 13.2 Å². The maximum absolute atomic E-state index is 12.5. The molecule has 1 aromatic heterocycles. The smallest absolute Gasteiger partial charge is 0.416 e. The summed E-state index contributed by atoms with van der Waals surface area (Å²) in [6.45, 7) is 1.40. The second-order valence-corrected chi connectivity index (χ2v) is 5.97. The van der Waals surface area contributed by atoms with Crippen molar-refractivity contribution >= 4 is 17.0 Å². The fourth-order valence-corrected chi connectivity index (χ4v) is 2.69. The Morgan fingerprint density at radius 2 is 1.80 bits per heavy atom. The third kappa shape index (κ3) is 4.31. The average Bonchev–Trinajstić information content (AvgIpc) is 3.04. The molecule has 3 rings (SSSR count). The van der Waals surface area contributed by atoms with Gasteiger partial charge in [-0.2, -0.15) is 13.2 Å². The molecule has 0 aliphatic carbocycles. The molecule has 0 N–H and O–H groups in total. The highest BCUT2D eigenvalue weighted by Gasteiger charge is 2.29. The first-order chi connectivity index (χ1) is 11.9. The summed E-state index contributed by atoms with van der Waals surface area (Å²) in [4.78, 5) is 2.11. The van der Waals surface area contributed by atoms with Crippen molar-refractivity contribution in [1.82, 2.24) is 4.90 Å². The van der Waals surface area contributed by atoms with Crippen molar-refractivity contribution < 1.29 is 17.6 Å². The summed E-state index contributed by atoms with van der Waals surface area (Å²) < 4.78 is 43.1. The van der Waals surface area contributed by atoms with E-state index in [4.69, 9.17) is 4.42 Å². The quantitative estimate of drug-likeness (QED) is 0.599. The lowest BCUT2D eigenvalue weighted by Gasteiger charge is -2.14. The number of para-hydroxylation sites is 1. The fourth-order valence-electron chi connectivity index (χ4n) is 2.69. The van der Waals surface area contributed by atoms with E-state index in [9.17, 15) is 13.2 Å². The monoisotopic (exact) mass is 345 g/mol. The molecular formula is C20H18F3NO. The van der Waals surface area contributed by atoms with Gasteiger partial charge in [-0.15, -0.1) is 0 Å². The van der Waals surface area contributed by atoms with Crippen LogP contribution in [0.1, 0.15) is 16.7 Å². The maximum Gasteiger partial charge on any atom is 0.416 e. The lowest BCUT2D eigenvalue weighted by molar-refractivity contribution is -0.137. The zero-order valence-corrected chi connectivity index (χ0v) is 13.8. The summed E-state index contributed by atoms with van der Waals surface area (Å²) in [5, 5.41) is 1.08. The van der Waals surface area contributed by atoms with Crippen LogP contribution in [0.25, 0.3) is 17.0 Å². The molecule has 0 unspecified atom stereocenters. The molecule has 0 fully saturated rings. The van der Waals surface area contributed by atoms with Crippen molar-refractivity contribution in [3.05, 3.63) is 77.6 Å². The number of rotatable bonds is 5. The molecule has 0 atom stereocenters. The Labute approximate surface area is 144 Å². The van der Waals surface area contributed by atoms with Crippen LogP contribution in [0.2, 0.25) is 0 Å². The van der Waals surface area contributed by atoms with E-state index in [1.54, 1.807) is 6.26 Å². The molecule has 3 aromatic rings. The zero-order chi connectivity index (χ0) is 17.9. The van der Waals surface area contributed by atoms with Crippen molar-refractivity contribution in [2.75, 3.05) is 13.6 Å². The van der Waals surface area contributed by atoms with E-state index in [-0.39, 0.29) is 0 Å². The van der Waals surface area contributed by atoms with E-state index in [0.29, 0.717) is 6.54 Å². The van der Waals surface area contributed by atoms with Crippen molar-refractivity contribution in [1.29, 1.82) is 0 Å². The van der Waals surface area contributed by atoms with Gasteiger partial charge in [-0.1, -0.05) is 42.5 Å². The van der Waals surface area contributed by atoms with E-state index < -0.39 is 11.7 Å². The molecule has 25 heavy (non-hydrogen) atoms. The van der Waals surface area contributed by atoms with E-state index in [1.807, 2.05) is 43.5 Å². The number of likely N-dealkylation sites (N-methyl/N-ethyl adjacent to an activating group) is 1. The van der Waals surface area contributed by atoms with Crippen LogP contribution < -0.4 is 0 Å². The van der Waals surface area contributed by atoms with Gasteiger partial charge in [0.2, 0.25) is 0 Å². The molecule has 0 bridgehead atoms. The molecular weight excluding hydrogens is 327 g/mol. The van der Waals surface area contributed by atoms with Crippen LogP contribution in [-0.2, 0) is 12.7 Å². The van der Waals surface area contributed by atoms with Gasteiger partial charge in [0, 0.05) is 24.0 Å². The Kier molecular flexibility index (Phi) is 4.95. The largest absolute Gasteiger partial charge is 0.464 e. The Morgan fingerprint density at radius 1 is 1.04 bits per heavy atom. The number of fused-ring (bicyclic) bond motifs is 1. The molecule has 5 heteroatoms. The molecule has 2 aromatic carbocycles. The van der Waals surface area contributed by atoms with Crippen LogP contribution in [0, 0.1) is 0 Å². The van der Waals surface area contributed by atoms with Crippen LogP contribution in [0.3, 0.4) is 0 Å². The predicted octanol–water partition coefficient (Wildman–Crippen LogP) is 5.60. The molecule has 2 nitrogen and oxygen atoms in total. The molecule has 1 heterocycles. The number of nitrogens with zero attached hydrogens (tertiary/aromatic N) is 1. The van der Waals surface area contributed by atoms with Gasteiger partial charge in [-0.05, 0) is 30.8 Å². The Bertz CT molecular complexity index is 863. The molecule has 0 spiro atoms. The third-order valence-electron chi connectivity index (χ3n) is 3.97. The summed E-state index contributed by atoms with van der Waals surface area (Å²) in [5.74, 6) is 0. The standard InChI is InChI=1S/C20H18F3NO/c1-24(14-17-6-2-5-16-11-13-25-19(16)17)12-3-4-15-7-9-18(10-8-15)20(21,22)23/h2-11,13H,12,14H2,1H3. The number of halogens is 3. The average molecular weight is 345 g/mol. The summed E-state index contributed by atoms with van der Waals surface area (Å²) >= 11 is 0. The number of hydrogen-bond donors (Lipinski definition) is 0. The second-order valence-electron chi connectivity index (χ2n) is 5.97. The van der Waals surface area contributed by atoms with Crippen LogP contribution in [0.15, 0.2) is 65.3 Å². The van der Waals surface area contributed by atoms with Gasteiger partial charge in [0.05, 0.1) is 11.8 Å². The van der Waals surface area contributed by atoms with Crippen molar-refractivity contribution in [3.8, 4) is 0 Å². The lowest BCUT2D eigenvalue weighted by Crippen LogP contribution is -2.17. The number of alkyl halides is 3. The van der Waals surface area contributed by atoms with Gasteiger partial charge in [0.15, 0.2) is 0 Å². The van der Waals surface area contributed by atoms with Gasteiger partial charge in [0.1, 0.15) is 5.58 Å². The van der Waals surface area contributed by atoms with Gasteiger partial charge < -0.3 is 4.42 Å². The maximum atomic E-state index is 12.5. The number of benzene rings is 2.